The molecule has 0 saturated carbocycles. The Morgan fingerprint density at radius 2 is 1.82 bits per heavy atom. The van der Waals surface area contributed by atoms with Gasteiger partial charge in [-0.2, -0.15) is 0 Å². The summed E-state index contributed by atoms with van der Waals surface area (Å²) in [4.78, 5) is 53.7. The Bertz CT molecular complexity index is 1160. The first-order valence-electron chi connectivity index (χ1n) is 11.1. The molecule has 10 nitrogen and oxygen atoms in total. The second kappa shape index (κ2) is 11.7. The van der Waals surface area contributed by atoms with E-state index in [1.54, 1.807) is 25.1 Å². The number of hydrogen-bond donors (Lipinski definition) is 4. The van der Waals surface area contributed by atoms with Crippen LogP contribution in [0.3, 0.4) is 0 Å². The van der Waals surface area contributed by atoms with Crippen LogP contribution in [0.4, 0.5) is 17.2 Å². The smallest absolute Gasteiger partial charge is 0.330 e. The molecule has 5 N–H and O–H groups in total. The van der Waals surface area contributed by atoms with Gasteiger partial charge in [0.05, 0.1) is 13.1 Å². The van der Waals surface area contributed by atoms with Crippen molar-refractivity contribution in [1.82, 2.24) is 14.9 Å². The molecule has 0 unspecified atom stereocenters. The van der Waals surface area contributed by atoms with E-state index in [9.17, 15) is 19.2 Å². The lowest BCUT2D eigenvalue weighted by molar-refractivity contribution is -0.123. The number of amides is 2. The number of aromatic nitrogens is 2. The molecule has 0 aliphatic heterocycles. The molecule has 34 heavy (non-hydrogen) atoms. The molecule has 186 valence electrons. The van der Waals surface area contributed by atoms with Crippen molar-refractivity contribution in [2.75, 3.05) is 35.6 Å². The first kappa shape index (κ1) is 27.0. The number of halogens is 1. The van der Waals surface area contributed by atoms with Crippen LogP contribution in [0.2, 0.25) is 5.02 Å². The third-order valence-electron chi connectivity index (χ3n) is 4.99. The van der Waals surface area contributed by atoms with Gasteiger partial charge in [0.15, 0.2) is 0 Å². The molecule has 2 aromatic rings. The topological polar surface area (TPSA) is 142 Å². The molecule has 2 amide bonds. The van der Waals surface area contributed by atoms with Crippen molar-refractivity contribution >= 4 is 40.6 Å². The fraction of sp³-hybridized carbons (Fsp3) is 0.478. The van der Waals surface area contributed by atoms with Gasteiger partial charge < -0.3 is 21.3 Å². The number of hydrogen-bond acceptors (Lipinski definition) is 6. The number of nitrogens with zero attached hydrogens (tertiary/aromatic N) is 2. The summed E-state index contributed by atoms with van der Waals surface area (Å²) in [6.07, 6.45) is 0. The number of aromatic amines is 1. The minimum absolute atomic E-state index is 0.00470. The minimum atomic E-state index is -0.662. The zero-order chi connectivity index (χ0) is 25.6. The number of H-pyrrole nitrogens is 1. The Kier molecular flexibility index (Phi) is 9.31. The number of nitrogens with one attached hydrogen (secondary N) is 3. The molecule has 1 heterocycles. The van der Waals surface area contributed by atoms with Gasteiger partial charge in [-0.15, -0.1) is 0 Å². The first-order valence-corrected chi connectivity index (χ1v) is 11.5. The van der Waals surface area contributed by atoms with E-state index in [1.165, 1.54) is 9.47 Å². The van der Waals surface area contributed by atoms with Crippen molar-refractivity contribution < 1.29 is 9.59 Å². The third-order valence-corrected chi connectivity index (χ3v) is 5.40. The van der Waals surface area contributed by atoms with Gasteiger partial charge >= 0.3 is 5.69 Å². The van der Waals surface area contributed by atoms with Gasteiger partial charge in [-0.1, -0.05) is 45.4 Å². The summed E-state index contributed by atoms with van der Waals surface area (Å²) in [5, 5.41) is 5.79. The number of carbonyl (C=O) groups is 2. The van der Waals surface area contributed by atoms with Gasteiger partial charge in [-0.25, -0.2) is 4.79 Å². The van der Waals surface area contributed by atoms with Crippen LogP contribution in [0.5, 0.6) is 0 Å². The Morgan fingerprint density at radius 3 is 2.44 bits per heavy atom. The SMILES string of the molecule is Cc1c(Cl)cccc1NC(=O)CNC(=O)CN(CC(C)C)c1c(N)n(CC(C)C)c(=O)[nH]c1=O. The highest BCUT2D eigenvalue weighted by Gasteiger charge is 2.22. The molecule has 11 heteroatoms. The molecule has 1 aromatic carbocycles. The predicted molar refractivity (Wildman–Crippen MR) is 135 cm³/mol. The highest BCUT2D eigenvalue weighted by atomic mass is 35.5. The van der Waals surface area contributed by atoms with E-state index in [2.05, 4.69) is 15.6 Å². The van der Waals surface area contributed by atoms with Crippen molar-refractivity contribution in [3.8, 4) is 0 Å². The van der Waals surface area contributed by atoms with Gasteiger partial charge in [-0.3, -0.25) is 23.9 Å². The second-order valence-electron chi connectivity index (χ2n) is 9.01. The lowest BCUT2D eigenvalue weighted by atomic mass is 10.2. The average molecular weight is 493 g/mol. The highest BCUT2D eigenvalue weighted by molar-refractivity contribution is 6.31. The van der Waals surface area contributed by atoms with Crippen LogP contribution in [0, 0.1) is 18.8 Å². The molecule has 2 rings (SSSR count). The molecule has 0 fully saturated rings. The summed E-state index contributed by atoms with van der Waals surface area (Å²) in [5.41, 5.74) is 6.29. The van der Waals surface area contributed by atoms with Crippen molar-refractivity contribution in [2.45, 2.75) is 41.2 Å². The molecule has 0 aliphatic rings. The van der Waals surface area contributed by atoms with E-state index in [0.29, 0.717) is 23.8 Å². The van der Waals surface area contributed by atoms with Crippen LogP contribution in [-0.2, 0) is 16.1 Å². The predicted octanol–water partition coefficient (Wildman–Crippen LogP) is 1.95. The third kappa shape index (κ3) is 7.11. The maximum atomic E-state index is 12.7. The summed E-state index contributed by atoms with van der Waals surface area (Å²) in [5.74, 6) is -0.686. The molecular weight excluding hydrogens is 460 g/mol. The van der Waals surface area contributed by atoms with Gasteiger partial charge in [0.2, 0.25) is 11.8 Å². The number of nitrogen functional groups attached to an aromatic ring is 1. The van der Waals surface area contributed by atoms with Crippen LogP contribution >= 0.6 is 11.6 Å². The quantitative estimate of drug-likeness (QED) is 0.399. The Morgan fingerprint density at radius 1 is 1.15 bits per heavy atom. The number of rotatable bonds is 10. The highest BCUT2D eigenvalue weighted by Crippen LogP contribution is 2.22. The van der Waals surface area contributed by atoms with Crippen molar-refractivity contribution in [3.63, 3.8) is 0 Å². The van der Waals surface area contributed by atoms with E-state index in [-0.39, 0.29) is 36.4 Å². The van der Waals surface area contributed by atoms with Gasteiger partial charge in [0, 0.05) is 23.8 Å². The van der Waals surface area contributed by atoms with E-state index in [4.69, 9.17) is 17.3 Å². The van der Waals surface area contributed by atoms with Crippen LogP contribution in [0.1, 0.15) is 33.3 Å². The Hall–Kier alpha value is -3.27. The number of carbonyl (C=O) groups excluding carboxylic acids is 2. The largest absolute Gasteiger partial charge is 0.383 e. The first-order chi connectivity index (χ1) is 15.9. The lowest BCUT2D eigenvalue weighted by Crippen LogP contribution is -2.45. The molecule has 0 saturated heterocycles. The van der Waals surface area contributed by atoms with Crippen molar-refractivity contribution in [3.05, 3.63) is 49.6 Å². The van der Waals surface area contributed by atoms with E-state index in [1.807, 2.05) is 27.7 Å². The van der Waals surface area contributed by atoms with Gasteiger partial charge in [-0.05, 0) is 36.5 Å². The maximum absolute atomic E-state index is 12.7. The number of benzene rings is 1. The van der Waals surface area contributed by atoms with Gasteiger partial charge in [0.25, 0.3) is 5.56 Å². The summed E-state index contributed by atoms with van der Waals surface area (Å²) in [7, 11) is 0. The van der Waals surface area contributed by atoms with Gasteiger partial charge in [0.1, 0.15) is 11.5 Å². The standard InChI is InChI=1S/C23H33ClN6O4/c1-13(2)10-29(20-21(25)30(11-14(3)4)23(34)28-22(20)33)12-19(32)26-9-18(31)27-17-8-6-7-16(24)15(17)5/h6-8,13-14H,9-12,25H2,1-5H3,(H,26,32)(H,27,31)(H,28,33,34). The molecule has 0 radical (unpaired) electrons. The zero-order valence-electron chi connectivity index (χ0n) is 20.2. The van der Waals surface area contributed by atoms with E-state index < -0.39 is 23.1 Å². The molecule has 1 aromatic heterocycles. The summed E-state index contributed by atoms with van der Waals surface area (Å²) in [6, 6.07) is 5.15. The minimum Gasteiger partial charge on any atom is -0.383 e. The van der Waals surface area contributed by atoms with Crippen molar-refractivity contribution in [1.29, 1.82) is 0 Å². The molecule has 0 spiro atoms. The van der Waals surface area contributed by atoms with Crippen LogP contribution in [0.25, 0.3) is 0 Å². The Balaban J connectivity index is 2.17. The van der Waals surface area contributed by atoms with E-state index >= 15 is 0 Å². The average Bonchev–Trinajstić information content (AvgIpc) is 2.72. The van der Waals surface area contributed by atoms with Crippen molar-refractivity contribution in [2.24, 2.45) is 11.8 Å². The maximum Gasteiger partial charge on any atom is 0.330 e. The molecule has 0 bridgehead atoms. The van der Waals surface area contributed by atoms with Crippen LogP contribution < -0.4 is 32.5 Å². The fourth-order valence-electron chi connectivity index (χ4n) is 3.45. The Labute approximate surface area is 203 Å². The normalized spacial score (nSPS) is 11.1. The summed E-state index contributed by atoms with van der Waals surface area (Å²) >= 11 is 6.07. The number of anilines is 3. The lowest BCUT2D eigenvalue weighted by Gasteiger charge is -2.27. The monoisotopic (exact) mass is 492 g/mol. The summed E-state index contributed by atoms with van der Waals surface area (Å²) in [6.45, 7) is 9.67. The summed E-state index contributed by atoms with van der Waals surface area (Å²) < 4.78 is 1.30. The second-order valence-corrected chi connectivity index (χ2v) is 9.42. The fourth-order valence-corrected chi connectivity index (χ4v) is 3.62. The number of nitrogens with two attached hydrogens (primary N) is 1. The van der Waals surface area contributed by atoms with Crippen LogP contribution in [0.15, 0.2) is 27.8 Å². The van der Waals surface area contributed by atoms with Crippen LogP contribution in [-0.4, -0.2) is 41.0 Å². The molecule has 0 aliphatic carbocycles. The van der Waals surface area contributed by atoms with E-state index in [0.717, 1.165) is 5.56 Å². The molecular formula is C23H33ClN6O4. The molecule has 0 atom stereocenters. The zero-order valence-corrected chi connectivity index (χ0v) is 21.0.